The van der Waals surface area contributed by atoms with Crippen LogP contribution in [-0.2, 0) is 4.79 Å². The Morgan fingerprint density at radius 3 is 2.55 bits per heavy atom. The Balaban J connectivity index is 1.83. The molecule has 0 radical (unpaired) electrons. The number of hydrazine groups is 1. The number of phenols is 1. The van der Waals surface area contributed by atoms with E-state index < -0.39 is 11.8 Å². The van der Waals surface area contributed by atoms with Crippen LogP contribution in [0.3, 0.4) is 0 Å². The van der Waals surface area contributed by atoms with Crippen LogP contribution in [0, 0.1) is 0 Å². The lowest BCUT2D eigenvalue weighted by atomic mass is 10.2. The largest absolute Gasteiger partial charge is 0.507 e. The van der Waals surface area contributed by atoms with E-state index in [0.717, 1.165) is 0 Å². The molecule has 3 N–H and O–H groups in total. The van der Waals surface area contributed by atoms with E-state index in [1.807, 2.05) is 6.07 Å². The van der Waals surface area contributed by atoms with Gasteiger partial charge in [-0.25, -0.2) is 0 Å². The Morgan fingerprint density at radius 1 is 1.09 bits per heavy atom. The molecule has 0 saturated heterocycles. The fraction of sp³-hybridized carbons (Fsp3) is 0.0667. The minimum Gasteiger partial charge on any atom is -0.507 e. The number of para-hydroxylation sites is 1. The fourth-order valence-corrected chi connectivity index (χ4v) is 1.76. The first-order valence-corrected chi connectivity index (χ1v) is 6.69. The van der Waals surface area contributed by atoms with Gasteiger partial charge in [-0.3, -0.25) is 20.4 Å². The monoisotopic (exact) mass is 320 g/mol. The third-order valence-electron chi connectivity index (χ3n) is 2.63. The molecule has 0 fully saturated rings. The van der Waals surface area contributed by atoms with Gasteiger partial charge in [-0.15, -0.1) is 0 Å². The number of nitrogens with one attached hydrogen (secondary N) is 2. The van der Waals surface area contributed by atoms with Crippen molar-refractivity contribution in [1.29, 1.82) is 0 Å². The summed E-state index contributed by atoms with van der Waals surface area (Å²) in [4.78, 5) is 23.4. The molecule has 0 aromatic heterocycles. The van der Waals surface area contributed by atoms with E-state index in [9.17, 15) is 14.7 Å². The molecular weight excluding hydrogens is 308 g/mol. The van der Waals surface area contributed by atoms with Gasteiger partial charge in [-0.05, 0) is 30.3 Å². The van der Waals surface area contributed by atoms with Crippen LogP contribution in [0.25, 0.3) is 0 Å². The minimum atomic E-state index is -0.687. The molecule has 114 valence electrons. The molecule has 0 heterocycles. The molecule has 0 spiro atoms. The highest BCUT2D eigenvalue weighted by atomic mass is 35.5. The van der Waals surface area contributed by atoms with Gasteiger partial charge >= 0.3 is 0 Å². The molecule has 0 aliphatic rings. The summed E-state index contributed by atoms with van der Waals surface area (Å²) in [5, 5.41) is 9.86. The molecule has 6 nitrogen and oxygen atoms in total. The van der Waals surface area contributed by atoms with Crippen LogP contribution in [0.2, 0.25) is 5.02 Å². The van der Waals surface area contributed by atoms with Crippen molar-refractivity contribution in [1.82, 2.24) is 10.9 Å². The number of aromatic hydroxyl groups is 1. The molecule has 2 amide bonds. The lowest BCUT2D eigenvalue weighted by Crippen LogP contribution is -2.43. The highest BCUT2D eigenvalue weighted by Crippen LogP contribution is 2.20. The first-order chi connectivity index (χ1) is 10.6. The second kappa shape index (κ2) is 7.33. The Bertz CT molecular complexity index is 676. The maximum Gasteiger partial charge on any atom is 0.276 e. The number of rotatable bonds is 4. The standard InChI is InChI=1S/C15H13ClN2O4/c16-10-6-7-13(19)12(8-10)15(21)18-17-14(20)9-22-11-4-2-1-3-5-11/h1-8,19H,9H2,(H,17,20)(H,18,21). The van der Waals surface area contributed by atoms with Gasteiger partial charge in [0, 0.05) is 5.02 Å². The van der Waals surface area contributed by atoms with Crippen LogP contribution >= 0.6 is 11.6 Å². The molecule has 0 aliphatic carbocycles. The molecule has 0 unspecified atom stereocenters. The van der Waals surface area contributed by atoms with Crippen LogP contribution in [-0.4, -0.2) is 23.5 Å². The summed E-state index contributed by atoms with van der Waals surface area (Å²) in [6.45, 7) is -0.258. The summed E-state index contributed by atoms with van der Waals surface area (Å²) >= 11 is 5.74. The highest BCUT2D eigenvalue weighted by Gasteiger charge is 2.12. The van der Waals surface area contributed by atoms with Gasteiger partial charge in [-0.1, -0.05) is 29.8 Å². The van der Waals surface area contributed by atoms with E-state index >= 15 is 0 Å². The summed E-state index contributed by atoms with van der Waals surface area (Å²) in [5.41, 5.74) is 4.30. The third kappa shape index (κ3) is 4.39. The van der Waals surface area contributed by atoms with E-state index in [1.54, 1.807) is 24.3 Å². The lowest BCUT2D eigenvalue weighted by Gasteiger charge is -2.09. The van der Waals surface area contributed by atoms with E-state index in [2.05, 4.69) is 10.9 Å². The van der Waals surface area contributed by atoms with Crippen molar-refractivity contribution in [2.24, 2.45) is 0 Å². The number of amides is 2. The molecule has 2 aromatic rings. The smallest absolute Gasteiger partial charge is 0.276 e. The predicted molar refractivity (Wildman–Crippen MR) is 80.7 cm³/mol. The van der Waals surface area contributed by atoms with Crippen molar-refractivity contribution in [3.63, 3.8) is 0 Å². The van der Waals surface area contributed by atoms with Gasteiger partial charge in [0.25, 0.3) is 11.8 Å². The van der Waals surface area contributed by atoms with E-state index in [0.29, 0.717) is 10.8 Å². The molecule has 0 bridgehead atoms. The van der Waals surface area contributed by atoms with Gasteiger partial charge < -0.3 is 9.84 Å². The van der Waals surface area contributed by atoms with Crippen molar-refractivity contribution in [3.8, 4) is 11.5 Å². The number of carbonyl (C=O) groups excluding carboxylic acids is 2. The molecule has 0 atom stereocenters. The van der Waals surface area contributed by atoms with Crippen LogP contribution in [0.5, 0.6) is 11.5 Å². The number of halogens is 1. The Kier molecular flexibility index (Phi) is 5.21. The fourth-order valence-electron chi connectivity index (χ4n) is 1.59. The van der Waals surface area contributed by atoms with Crippen LogP contribution in [0.1, 0.15) is 10.4 Å². The van der Waals surface area contributed by atoms with Crippen LogP contribution in [0.4, 0.5) is 0 Å². The first kappa shape index (κ1) is 15.7. The number of benzene rings is 2. The van der Waals surface area contributed by atoms with Crippen LogP contribution < -0.4 is 15.6 Å². The molecule has 7 heteroatoms. The third-order valence-corrected chi connectivity index (χ3v) is 2.87. The molecule has 0 saturated carbocycles. The van der Waals surface area contributed by atoms with Crippen molar-refractivity contribution in [2.45, 2.75) is 0 Å². The Hall–Kier alpha value is -2.73. The Labute approximate surface area is 131 Å². The SMILES string of the molecule is O=C(COc1ccccc1)NNC(=O)c1cc(Cl)ccc1O. The average Bonchev–Trinajstić information content (AvgIpc) is 2.54. The second-order valence-corrected chi connectivity index (χ2v) is 4.70. The predicted octanol–water partition coefficient (Wildman–Crippen LogP) is 1.89. The maximum atomic E-state index is 11.8. The number of hydrogen-bond acceptors (Lipinski definition) is 4. The van der Waals surface area contributed by atoms with E-state index in [4.69, 9.17) is 16.3 Å². The summed E-state index contributed by atoms with van der Waals surface area (Å²) in [6, 6.07) is 12.8. The van der Waals surface area contributed by atoms with Crippen molar-refractivity contribution < 1.29 is 19.4 Å². The first-order valence-electron chi connectivity index (χ1n) is 6.32. The van der Waals surface area contributed by atoms with Gasteiger partial charge in [0.15, 0.2) is 6.61 Å². The topological polar surface area (TPSA) is 87.7 Å². The molecule has 2 aromatic carbocycles. The molecular formula is C15H13ClN2O4. The summed E-state index contributed by atoms with van der Waals surface area (Å²) in [5.74, 6) is -0.931. The zero-order chi connectivity index (χ0) is 15.9. The molecule has 0 aliphatic heterocycles. The number of carbonyl (C=O) groups is 2. The van der Waals surface area contributed by atoms with E-state index in [-0.39, 0.29) is 17.9 Å². The van der Waals surface area contributed by atoms with Gasteiger partial charge in [0.1, 0.15) is 11.5 Å². The zero-order valence-corrected chi connectivity index (χ0v) is 12.1. The van der Waals surface area contributed by atoms with Crippen molar-refractivity contribution >= 4 is 23.4 Å². The van der Waals surface area contributed by atoms with Crippen LogP contribution in [0.15, 0.2) is 48.5 Å². The number of ether oxygens (including phenoxy) is 1. The number of phenolic OH excluding ortho intramolecular Hbond substituents is 1. The summed E-state index contributed by atoms with van der Waals surface area (Å²) < 4.78 is 5.21. The zero-order valence-electron chi connectivity index (χ0n) is 11.4. The molecule has 22 heavy (non-hydrogen) atoms. The normalized spacial score (nSPS) is 9.86. The Morgan fingerprint density at radius 2 is 1.82 bits per heavy atom. The van der Waals surface area contributed by atoms with Gasteiger partial charge in [0.05, 0.1) is 5.56 Å². The average molecular weight is 321 g/mol. The highest BCUT2D eigenvalue weighted by molar-refractivity contribution is 6.31. The summed E-state index contributed by atoms with van der Waals surface area (Å²) in [6.07, 6.45) is 0. The maximum absolute atomic E-state index is 11.8. The van der Waals surface area contributed by atoms with E-state index in [1.165, 1.54) is 18.2 Å². The van der Waals surface area contributed by atoms with Crippen molar-refractivity contribution in [2.75, 3.05) is 6.61 Å². The minimum absolute atomic E-state index is 0.0447. The quantitative estimate of drug-likeness (QED) is 0.751. The van der Waals surface area contributed by atoms with Crippen molar-refractivity contribution in [3.05, 3.63) is 59.1 Å². The summed E-state index contributed by atoms with van der Waals surface area (Å²) in [7, 11) is 0. The van der Waals surface area contributed by atoms with Gasteiger partial charge in [-0.2, -0.15) is 0 Å². The lowest BCUT2D eigenvalue weighted by molar-refractivity contribution is -0.123. The number of hydrogen-bond donors (Lipinski definition) is 3. The van der Waals surface area contributed by atoms with Gasteiger partial charge in [0.2, 0.25) is 0 Å². The second-order valence-electron chi connectivity index (χ2n) is 4.27. The molecule has 2 rings (SSSR count).